The van der Waals surface area contributed by atoms with Crippen LogP contribution in [0.3, 0.4) is 0 Å². The molecule has 0 fully saturated rings. The van der Waals surface area contributed by atoms with Crippen molar-refractivity contribution < 1.29 is 13.2 Å². The van der Waals surface area contributed by atoms with E-state index in [1.165, 1.54) is 7.11 Å². The fourth-order valence-electron chi connectivity index (χ4n) is 1.72. The van der Waals surface area contributed by atoms with Gasteiger partial charge in [-0.2, -0.15) is 0 Å². The summed E-state index contributed by atoms with van der Waals surface area (Å²) in [5.74, 6) is 0. The average molecular weight is 272 g/mol. The van der Waals surface area contributed by atoms with Crippen molar-refractivity contribution in [1.29, 1.82) is 0 Å². The lowest BCUT2D eigenvalue weighted by Crippen LogP contribution is -2.39. The zero-order valence-corrected chi connectivity index (χ0v) is 11.5. The number of nitrogens with two attached hydrogens (primary N) is 1. The van der Waals surface area contributed by atoms with Crippen LogP contribution in [-0.2, 0) is 14.8 Å². The zero-order valence-electron chi connectivity index (χ0n) is 10.7. The van der Waals surface area contributed by atoms with Gasteiger partial charge in [0.05, 0.1) is 11.5 Å². The molecule has 0 aromatic heterocycles. The van der Waals surface area contributed by atoms with Crippen molar-refractivity contribution in [2.24, 2.45) is 5.73 Å². The van der Waals surface area contributed by atoms with Gasteiger partial charge in [0.2, 0.25) is 10.0 Å². The van der Waals surface area contributed by atoms with Gasteiger partial charge >= 0.3 is 0 Å². The molecule has 0 saturated carbocycles. The Morgan fingerprint density at radius 3 is 2.61 bits per heavy atom. The minimum Gasteiger partial charge on any atom is -0.383 e. The van der Waals surface area contributed by atoms with Gasteiger partial charge in [0.15, 0.2) is 0 Å². The van der Waals surface area contributed by atoms with E-state index < -0.39 is 10.0 Å². The summed E-state index contributed by atoms with van der Waals surface area (Å²) < 4.78 is 32.0. The minimum absolute atomic E-state index is 0.295. The molecule has 0 aliphatic carbocycles. The van der Waals surface area contributed by atoms with Crippen molar-refractivity contribution in [2.75, 3.05) is 20.3 Å². The number of hydrogen-bond acceptors (Lipinski definition) is 4. The Labute approximate surface area is 108 Å². The number of methoxy groups -OCH3 is 1. The van der Waals surface area contributed by atoms with Gasteiger partial charge in [-0.05, 0) is 31.5 Å². The second kappa shape index (κ2) is 6.84. The lowest BCUT2D eigenvalue weighted by molar-refractivity contribution is 0.172. The maximum absolute atomic E-state index is 12.2. The van der Waals surface area contributed by atoms with E-state index in [1.54, 1.807) is 31.2 Å². The molecule has 18 heavy (non-hydrogen) atoms. The molecule has 3 N–H and O–H groups in total. The van der Waals surface area contributed by atoms with Crippen LogP contribution in [0.4, 0.5) is 0 Å². The summed E-state index contributed by atoms with van der Waals surface area (Å²) in [6, 6.07) is 6.56. The fraction of sp³-hybridized carbons (Fsp3) is 0.500. The van der Waals surface area contributed by atoms with Crippen LogP contribution >= 0.6 is 0 Å². The van der Waals surface area contributed by atoms with E-state index in [0.29, 0.717) is 30.0 Å². The smallest absolute Gasteiger partial charge is 0.241 e. The van der Waals surface area contributed by atoms with Crippen LogP contribution < -0.4 is 10.5 Å². The summed E-state index contributed by atoms with van der Waals surface area (Å²) >= 11 is 0. The molecule has 1 aromatic carbocycles. The van der Waals surface area contributed by atoms with E-state index in [1.807, 2.05) is 0 Å². The minimum atomic E-state index is -3.52. The second-order valence-electron chi connectivity index (χ2n) is 4.12. The third-order valence-electron chi connectivity index (χ3n) is 2.59. The molecule has 6 heteroatoms. The van der Waals surface area contributed by atoms with E-state index >= 15 is 0 Å². The fourth-order valence-corrected chi connectivity index (χ4v) is 3.22. The Hall–Kier alpha value is -0.950. The molecular weight excluding hydrogens is 252 g/mol. The predicted octanol–water partition coefficient (Wildman–Crippen LogP) is 0.637. The highest BCUT2D eigenvalue weighted by atomic mass is 32.2. The van der Waals surface area contributed by atoms with Gasteiger partial charge in [-0.1, -0.05) is 18.2 Å². The molecule has 1 aromatic rings. The van der Waals surface area contributed by atoms with Crippen LogP contribution in [0.5, 0.6) is 0 Å². The second-order valence-corrected chi connectivity index (χ2v) is 5.80. The number of sulfonamides is 1. The van der Waals surface area contributed by atoms with Gasteiger partial charge in [0.25, 0.3) is 0 Å². The number of ether oxygens (including phenoxy) is 1. The molecule has 0 aliphatic rings. The van der Waals surface area contributed by atoms with Crippen molar-refractivity contribution in [1.82, 2.24) is 4.72 Å². The summed E-state index contributed by atoms with van der Waals surface area (Å²) in [4.78, 5) is 0.295. The molecule has 0 saturated heterocycles. The van der Waals surface area contributed by atoms with Crippen LogP contribution in [0.1, 0.15) is 12.0 Å². The van der Waals surface area contributed by atoms with Gasteiger partial charge in [0, 0.05) is 13.2 Å². The van der Waals surface area contributed by atoms with Crippen molar-refractivity contribution >= 4 is 10.0 Å². The zero-order chi connectivity index (χ0) is 13.6. The Morgan fingerprint density at radius 1 is 1.39 bits per heavy atom. The number of nitrogens with one attached hydrogen (secondary N) is 1. The number of benzene rings is 1. The molecule has 0 bridgehead atoms. The Kier molecular flexibility index (Phi) is 5.74. The Balaban J connectivity index is 2.90. The quantitative estimate of drug-likeness (QED) is 0.763. The average Bonchev–Trinajstić information content (AvgIpc) is 2.29. The van der Waals surface area contributed by atoms with Crippen LogP contribution in [0.25, 0.3) is 0 Å². The molecule has 0 amide bonds. The molecule has 1 atom stereocenters. The van der Waals surface area contributed by atoms with Gasteiger partial charge in [-0.15, -0.1) is 0 Å². The first-order valence-corrected chi connectivity index (χ1v) is 7.26. The van der Waals surface area contributed by atoms with Crippen molar-refractivity contribution in [3.05, 3.63) is 29.8 Å². The van der Waals surface area contributed by atoms with E-state index in [9.17, 15) is 8.42 Å². The first kappa shape index (κ1) is 15.1. The SMILES string of the molecule is COCC(CCN)NS(=O)(=O)c1ccccc1C. The van der Waals surface area contributed by atoms with Crippen molar-refractivity contribution in [3.8, 4) is 0 Å². The number of hydrogen-bond donors (Lipinski definition) is 2. The highest BCUT2D eigenvalue weighted by Gasteiger charge is 2.20. The highest BCUT2D eigenvalue weighted by molar-refractivity contribution is 7.89. The van der Waals surface area contributed by atoms with Crippen molar-refractivity contribution in [2.45, 2.75) is 24.3 Å². The summed E-state index contributed by atoms with van der Waals surface area (Å²) in [5.41, 5.74) is 6.17. The molecule has 102 valence electrons. The molecule has 0 spiro atoms. The van der Waals surface area contributed by atoms with Crippen LogP contribution in [0.2, 0.25) is 0 Å². The lowest BCUT2D eigenvalue weighted by atomic mass is 10.2. The highest BCUT2D eigenvalue weighted by Crippen LogP contribution is 2.14. The van der Waals surface area contributed by atoms with Crippen LogP contribution in [0, 0.1) is 6.92 Å². The summed E-state index contributed by atoms with van der Waals surface area (Å²) in [6.07, 6.45) is 0.541. The molecular formula is C12H20N2O3S. The Bertz CT molecular complexity index is 468. The standard InChI is InChI=1S/C12H20N2O3S/c1-10-5-3-4-6-12(10)18(15,16)14-11(7-8-13)9-17-2/h3-6,11,14H,7-9,13H2,1-2H3. The molecule has 0 radical (unpaired) electrons. The summed E-state index contributed by atoms with van der Waals surface area (Å²) in [7, 11) is -1.99. The summed E-state index contributed by atoms with van der Waals surface area (Å²) in [5, 5.41) is 0. The maximum atomic E-state index is 12.2. The lowest BCUT2D eigenvalue weighted by Gasteiger charge is -2.18. The molecule has 5 nitrogen and oxygen atoms in total. The van der Waals surface area contributed by atoms with Crippen LogP contribution in [0.15, 0.2) is 29.2 Å². The van der Waals surface area contributed by atoms with Crippen molar-refractivity contribution in [3.63, 3.8) is 0 Å². The normalized spacial score (nSPS) is 13.5. The molecule has 1 rings (SSSR count). The van der Waals surface area contributed by atoms with Gasteiger partial charge < -0.3 is 10.5 Å². The monoisotopic (exact) mass is 272 g/mol. The van der Waals surface area contributed by atoms with E-state index in [0.717, 1.165) is 0 Å². The predicted molar refractivity (Wildman–Crippen MR) is 70.8 cm³/mol. The third-order valence-corrected chi connectivity index (χ3v) is 4.27. The van der Waals surface area contributed by atoms with Gasteiger partial charge in [0.1, 0.15) is 0 Å². The van der Waals surface area contributed by atoms with E-state index in [-0.39, 0.29) is 6.04 Å². The first-order chi connectivity index (χ1) is 8.51. The molecule has 0 aliphatic heterocycles. The summed E-state index contributed by atoms with van der Waals surface area (Å²) in [6.45, 7) is 2.48. The first-order valence-electron chi connectivity index (χ1n) is 5.78. The van der Waals surface area contributed by atoms with E-state index in [4.69, 9.17) is 10.5 Å². The number of rotatable bonds is 7. The van der Waals surface area contributed by atoms with Gasteiger partial charge in [-0.25, -0.2) is 13.1 Å². The van der Waals surface area contributed by atoms with Gasteiger partial charge in [-0.3, -0.25) is 0 Å². The largest absolute Gasteiger partial charge is 0.383 e. The third kappa shape index (κ3) is 4.06. The molecule has 1 unspecified atom stereocenters. The maximum Gasteiger partial charge on any atom is 0.241 e. The molecule has 0 heterocycles. The van der Waals surface area contributed by atoms with Crippen LogP contribution in [-0.4, -0.2) is 34.7 Å². The number of aryl methyl sites for hydroxylation is 1. The van der Waals surface area contributed by atoms with E-state index in [2.05, 4.69) is 4.72 Å². The topological polar surface area (TPSA) is 81.4 Å². The Morgan fingerprint density at radius 2 is 2.06 bits per heavy atom.